The van der Waals surface area contributed by atoms with Crippen LogP contribution in [0.15, 0.2) is 36.4 Å². The molecule has 2 unspecified atom stereocenters. The van der Waals surface area contributed by atoms with Gasteiger partial charge in [-0.15, -0.1) is 0 Å². The maximum absolute atomic E-state index is 14.7. The molecule has 0 radical (unpaired) electrons. The summed E-state index contributed by atoms with van der Waals surface area (Å²) in [7, 11) is -3.35. The lowest BCUT2D eigenvalue weighted by Crippen LogP contribution is -2.19. The number of hydrogen-bond acceptors (Lipinski definition) is 10. The number of aromatic hydroxyl groups is 4. The van der Waals surface area contributed by atoms with E-state index in [2.05, 4.69) is 0 Å². The molecular formula is C40H60O10P2. The molecule has 0 heterocycles. The molecule has 0 fully saturated rings. The van der Waals surface area contributed by atoms with Crippen LogP contribution in [0.1, 0.15) is 139 Å². The van der Waals surface area contributed by atoms with E-state index < -0.39 is 59.7 Å². The van der Waals surface area contributed by atoms with Gasteiger partial charge in [-0.3, -0.25) is 9.13 Å². The highest BCUT2D eigenvalue weighted by atomic mass is 31.2. The van der Waals surface area contributed by atoms with Crippen LogP contribution in [0.25, 0.3) is 0 Å². The monoisotopic (exact) mass is 762 g/mol. The van der Waals surface area contributed by atoms with E-state index in [4.69, 9.17) is 18.1 Å². The normalized spacial score (nSPS) is 14.8. The van der Waals surface area contributed by atoms with Gasteiger partial charge in [0.15, 0.2) is 0 Å². The number of phenolic OH excluding ortho intramolecular Hbond substituents is 4. The van der Waals surface area contributed by atoms with E-state index in [1.807, 2.05) is 83.1 Å². The molecule has 290 valence electrons. The van der Waals surface area contributed by atoms with Gasteiger partial charge in [0.2, 0.25) is 0 Å². The van der Waals surface area contributed by atoms with Crippen molar-refractivity contribution in [2.45, 2.75) is 116 Å². The van der Waals surface area contributed by atoms with Gasteiger partial charge in [0.25, 0.3) is 0 Å². The highest BCUT2D eigenvalue weighted by Gasteiger charge is 2.44. The van der Waals surface area contributed by atoms with Crippen molar-refractivity contribution >= 4 is 15.2 Å². The smallest absolute Gasteiger partial charge is 0.342 e. The minimum Gasteiger partial charge on any atom is -0.507 e. The standard InChI is InChI=1S/C40H60O10P2/c1-37(2,3)27-17-23(18-28(33(27)43)38(4,5)6)35(51(45,47-13)48-14)25-21-26(32(42)22-31(25)41)36(52(46,49-15)50-16)24-19-29(39(7,8)9)34(44)30(20-24)40(10,11)12/h17-22,35-36,41-44H,1-16H3. The number of rotatable bonds is 10. The zero-order chi connectivity index (χ0) is 40.2. The predicted molar refractivity (Wildman–Crippen MR) is 208 cm³/mol. The minimum absolute atomic E-state index is 0.0415. The van der Waals surface area contributed by atoms with Crippen molar-refractivity contribution in [3.63, 3.8) is 0 Å². The lowest BCUT2D eigenvalue weighted by molar-refractivity contribution is 0.268. The molecule has 0 aliphatic carbocycles. The third-order valence-corrected chi connectivity index (χ3v) is 14.0. The molecule has 3 rings (SSSR count). The number of hydrogen-bond donors (Lipinski definition) is 4. The zero-order valence-electron chi connectivity index (χ0n) is 33.8. The first-order valence-corrected chi connectivity index (χ1v) is 20.5. The van der Waals surface area contributed by atoms with Gasteiger partial charge in [-0.25, -0.2) is 0 Å². The number of benzene rings is 3. The van der Waals surface area contributed by atoms with Gasteiger partial charge in [0, 0.05) is 45.6 Å². The Morgan fingerprint density at radius 2 is 0.673 bits per heavy atom. The summed E-state index contributed by atoms with van der Waals surface area (Å²) in [5, 5.41) is 46.3. The lowest BCUT2D eigenvalue weighted by atomic mass is 9.77. The zero-order valence-corrected chi connectivity index (χ0v) is 35.5. The molecule has 4 N–H and O–H groups in total. The second-order valence-corrected chi connectivity index (χ2v) is 22.2. The Balaban J connectivity index is 2.63. The molecule has 0 bridgehead atoms. The second-order valence-electron chi connectivity index (χ2n) is 17.5. The van der Waals surface area contributed by atoms with Gasteiger partial charge in [-0.2, -0.15) is 0 Å². The molecule has 12 heteroatoms. The topological polar surface area (TPSA) is 152 Å². The maximum atomic E-state index is 14.7. The first kappa shape index (κ1) is 43.6. The Kier molecular flexibility index (Phi) is 12.4. The molecule has 10 nitrogen and oxygen atoms in total. The third kappa shape index (κ3) is 8.43. The van der Waals surface area contributed by atoms with Crippen LogP contribution in [-0.4, -0.2) is 48.9 Å². The van der Waals surface area contributed by atoms with Gasteiger partial charge in [-0.05, 0) is 61.1 Å². The molecule has 0 saturated heterocycles. The lowest BCUT2D eigenvalue weighted by Gasteiger charge is -2.33. The van der Waals surface area contributed by atoms with Crippen molar-refractivity contribution < 1.29 is 47.7 Å². The van der Waals surface area contributed by atoms with Crippen LogP contribution in [0, 0.1) is 0 Å². The van der Waals surface area contributed by atoms with E-state index in [-0.39, 0.29) is 22.6 Å². The highest BCUT2D eigenvalue weighted by molar-refractivity contribution is 7.54. The van der Waals surface area contributed by atoms with Gasteiger partial charge in [0.05, 0.1) is 0 Å². The fraction of sp³-hybridized carbons (Fsp3) is 0.550. The molecule has 0 saturated carbocycles. The van der Waals surface area contributed by atoms with Gasteiger partial charge >= 0.3 is 15.2 Å². The van der Waals surface area contributed by atoms with Crippen molar-refractivity contribution in [1.82, 2.24) is 0 Å². The summed E-state index contributed by atoms with van der Waals surface area (Å²) in [6, 6.07) is 9.43. The van der Waals surface area contributed by atoms with E-state index in [1.165, 1.54) is 34.5 Å². The molecule has 0 spiro atoms. The summed E-state index contributed by atoms with van der Waals surface area (Å²) >= 11 is 0. The maximum Gasteiger partial charge on any atom is 0.342 e. The van der Waals surface area contributed by atoms with E-state index in [0.29, 0.717) is 33.4 Å². The SMILES string of the molecule is COP(=O)(OC)C(c1cc(C(C)(C)C)c(O)c(C(C)(C)C)c1)c1cc(C(c2cc(C(C)(C)C)c(O)c(C(C)(C)C)c2)P(=O)(OC)OC)c(O)cc1O. The third-order valence-electron chi connectivity index (χ3n) is 9.54. The Bertz CT molecular complexity index is 1670. The van der Waals surface area contributed by atoms with Crippen LogP contribution in [0.3, 0.4) is 0 Å². The van der Waals surface area contributed by atoms with Crippen LogP contribution < -0.4 is 0 Å². The van der Waals surface area contributed by atoms with Gasteiger partial charge in [0.1, 0.15) is 34.3 Å². The quantitative estimate of drug-likeness (QED) is 0.147. The fourth-order valence-electron chi connectivity index (χ4n) is 6.60. The molecule has 0 aromatic heterocycles. The summed E-state index contributed by atoms with van der Waals surface area (Å²) in [5.74, 6) is -0.660. The summed E-state index contributed by atoms with van der Waals surface area (Å²) in [6.45, 7) is 23.4. The van der Waals surface area contributed by atoms with Crippen molar-refractivity contribution in [3.05, 3.63) is 80.9 Å². The Labute approximate surface area is 310 Å². The average Bonchev–Trinajstić information content (AvgIpc) is 3.01. The first-order chi connectivity index (χ1) is 23.5. The molecule has 0 aliphatic rings. The van der Waals surface area contributed by atoms with Crippen molar-refractivity contribution in [2.75, 3.05) is 28.4 Å². The molecule has 3 aromatic rings. The van der Waals surface area contributed by atoms with Crippen LogP contribution in [0.5, 0.6) is 23.0 Å². The predicted octanol–water partition coefficient (Wildman–Crippen LogP) is 10.8. The molecular weight excluding hydrogens is 702 g/mol. The number of phenols is 4. The van der Waals surface area contributed by atoms with E-state index in [1.54, 1.807) is 24.3 Å². The van der Waals surface area contributed by atoms with Crippen LogP contribution in [0.4, 0.5) is 0 Å². The molecule has 3 aromatic carbocycles. The van der Waals surface area contributed by atoms with E-state index in [0.717, 1.165) is 6.07 Å². The Morgan fingerprint density at radius 3 is 0.865 bits per heavy atom. The van der Waals surface area contributed by atoms with Crippen molar-refractivity contribution in [2.24, 2.45) is 0 Å². The average molecular weight is 763 g/mol. The highest BCUT2D eigenvalue weighted by Crippen LogP contribution is 2.68. The largest absolute Gasteiger partial charge is 0.507 e. The minimum atomic E-state index is -4.17. The summed E-state index contributed by atoms with van der Waals surface area (Å²) < 4.78 is 51.8. The van der Waals surface area contributed by atoms with Crippen molar-refractivity contribution in [1.29, 1.82) is 0 Å². The van der Waals surface area contributed by atoms with Gasteiger partial charge < -0.3 is 38.5 Å². The van der Waals surface area contributed by atoms with Crippen LogP contribution in [-0.2, 0) is 48.9 Å². The Hall–Kier alpha value is -2.84. The summed E-state index contributed by atoms with van der Waals surface area (Å²) in [6.07, 6.45) is 0. The van der Waals surface area contributed by atoms with Gasteiger partial charge in [-0.1, -0.05) is 107 Å². The first-order valence-electron chi connectivity index (χ1n) is 17.3. The summed E-state index contributed by atoms with van der Waals surface area (Å²) in [5.41, 5.74) is -1.58. The second kappa shape index (κ2) is 14.8. The molecule has 2 atom stereocenters. The van der Waals surface area contributed by atoms with Crippen LogP contribution >= 0.6 is 15.2 Å². The van der Waals surface area contributed by atoms with E-state index in [9.17, 15) is 29.6 Å². The molecule has 52 heavy (non-hydrogen) atoms. The van der Waals surface area contributed by atoms with Crippen molar-refractivity contribution in [3.8, 4) is 23.0 Å². The van der Waals surface area contributed by atoms with E-state index >= 15 is 0 Å². The van der Waals surface area contributed by atoms with Crippen LogP contribution in [0.2, 0.25) is 0 Å². The summed E-state index contributed by atoms with van der Waals surface area (Å²) in [4.78, 5) is 0. The Morgan fingerprint density at radius 1 is 0.442 bits per heavy atom. The molecule has 0 amide bonds. The molecule has 0 aliphatic heterocycles. The fourth-order valence-corrected chi connectivity index (χ4v) is 9.87.